The summed E-state index contributed by atoms with van der Waals surface area (Å²) in [5, 5.41) is 13.4. The summed E-state index contributed by atoms with van der Waals surface area (Å²) in [5.41, 5.74) is 4.99. The van der Waals surface area contributed by atoms with Crippen LogP contribution in [0.1, 0.15) is 0 Å². The third-order valence-corrected chi connectivity index (χ3v) is 2.36. The molecule has 0 bridgehead atoms. The Kier molecular flexibility index (Phi) is 2.23. The number of hydrogen-bond donors (Lipinski definition) is 1. The van der Waals surface area contributed by atoms with Gasteiger partial charge < -0.3 is 5.73 Å². The Morgan fingerprint density at radius 2 is 2.50 bits per heavy atom. The number of hydrogen-bond acceptors (Lipinski definition) is 5. The van der Waals surface area contributed by atoms with Gasteiger partial charge in [-0.05, 0) is 16.7 Å². The maximum atomic E-state index is 10.6. The molecule has 0 radical (unpaired) electrons. The van der Waals surface area contributed by atoms with E-state index in [0.29, 0.717) is 5.82 Å². The van der Waals surface area contributed by atoms with Gasteiger partial charge >= 0.3 is 0 Å². The first-order valence-electron chi connectivity index (χ1n) is 3.85. The molecule has 0 atom stereocenters. The lowest BCUT2D eigenvalue weighted by Crippen LogP contribution is -2.20. The van der Waals surface area contributed by atoms with Gasteiger partial charge in [0.25, 0.3) is 0 Å². The standard InChI is InChI=1S/C7H7N5OS/c8-6(13)4-12-10-7(9-11-12)5-2-1-3-14-5/h1-3H,4H2,(H2,8,13). The molecule has 2 aromatic rings. The highest BCUT2D eigenvalue weighted by Crippen LogP contribution is 2.19. The molecule has 0 aliphatic heterocycles. The van der Waals surface area contributed by atoms with E-state index in [1.807, 2.05) is 17.5 Å². The van der Waals surface area contributed by atoms with Gasteiger partial charge in [-0.2, -0.15) is 4.80 Å². The number of carbonyl (C=O) groups is 1. The van der Waals surface area contributed by atoms with Gasteiger partial charge in [0, 0.05) is 0 Å². The van der Waals surface area contributed by atoms with Gasteiger partial charge in [-0.3, -0.25) is 4.79 Å². The van der Waals surface area contributed by atoms with E-state index in [2.05, 4.69) is 15.4 Å². The number of primary amides is 1. The van der Waals surface area contributed by atoms with Crippen LogP contribution in [0.25, 0.3) is 10.7 Å². The molecule has 0 aliphatic rings. The molecule has 0 fully saturated rings. The van der Waals surface area contributed by atoms with E-state index >= 15 is 0 Å². The Bertz CT molecular complexity index is 435. The number of thiophene rings is 1. The minimum atomic E-state index is -0.486. The van der Waals surface area contributed by atoms with Gasteiger partial charge in [0.1, 0.15) is 6.54 Å². The van der Waals surface area contributed by atoms with Crippen molar-refractivity contribution in [1.29, 1.82) is 0 Å². The van der Waals surface area contributed by atoms with Crippen molar-refractivity contribution in [2.45, 2.75) is 6.54 Å². The third kappa shape index (κ3) is 1.77. The van der Waals surface area contributed by atoms with E-state index in [1.165, 1.54) is 16.1 Å². The lowest BCUT2D eigenvalue weighted by molar-refractivity contribution is -0.118. The van der Waals surface area contributed by atoms with Gasteiger partial charge in [0.05, 0.1) is 4.88 Å². The summed E-state index contributed by atoms with van der Waals surface area (Å²) in [4.78, 5) is 12.7. The van der Waals surface area contributed by atoms with Crippen molar-refractivity contribution >= 4 is 17.2 Å². The summed E-state index contributed by atoms with van der Waals surface area (Å²) >= 11 is 1.51. The zero-order valence-corrected chi connectivity index (χ0v) is 7.94. The maximum Gasteiger partial charge on any atom is 0.241 e. The molecule has 0 aliphatic carbocycles. The molecule has 2 heterocycles. The second kappa shape index (κ2) is 3.54. The average molecular weight is 209 g/mol. The van der Waals surface area contributed by atoms with Crippen molar-refractivity contribution in [2.75, 3.05) is 0 Å². The molecular formula is C7H7N5OS. The summed E-state index contributed by atoms with van der Waals surface area (Å²) in [6, 6.07) is 3.78. The van der Waals surface area contributed by atoms with E-state index in [0.717, 1.165) is 4.88 Å². The first kappa shape index (κ1) is 8.82. The number of nitrogens with zero attached hydrogens (tertiary/aromatic N) is 4. The van der Waals surface area contributed by atoms with E-state index in [1.54, 1.807) is 0 Å². The highest BCUT2D eigenvalue weighted by atomic mass is 32.1. The Hall–Kier alpha value is -1.76. The van der Waals surface area contributed by atoms with Gasteiger partial charge in [-0.15, -0.1) is 21.5 Å². The molecule has 2 N–H and O–H groups in total. The molecule has 2 rings (SSSR count). The quantitative estimate of drug-likeness (QED) is 0.763. The molecule has 72 valence electrons. The van der Waals surface area contributed by atoms with Crippen molar-refractivity contribution in [3.8, 4) is 10.7 Å². The van der Waals surface area contributed by atoms with Crippen LogP contribution in [0.4, 0.5) is 0 Å². The predicted octanol–water partition coefficient (Wildman–Crippen LogP) is -0.113. The third-order valence-electron chi connectivity index (χ3n) is 1.49. The zero-order chi connectivity index (χ0) is 9.97. The summed E-state index contributed by atoms with van der Waals surface area (Å²) in [5.74, 6) is 0.0291. The van der Waals surface area contributed by atoms with Gasteiger partial charge in [0.15, 0.2) is 0 Å². The smallest absolute Gasteiger partial charge is 0.241 e. The maximum absolute atomic E-state index is 10.6. The molecule has 14 heavy (non-hydrogen) atoms. The number of aromatic nitrogens is 4. The van der Waals surface area contributed by atoms with Crippen LogP contribution >= 0.6 is 11.3 Å². The second-order valence-electron chi connectivity index (χ2n) is 2.59. The topological polar surface area (TPSA) is 86.7 Å². The summed E-state index contributed by atoms with van der Waals surface area (Å²) < 4.78 is 0. The highest BCUT2D eigenvalue weighted by Gasteiger charge is 2.07. The molecule has 2 aromatic heterocycles. The van der Waals surface area contributed by atoms with E-state index < -0.39 is 5.91 Å². The van der Waals surface area contributed by atoms with E-state index in [9.17, 15) is 4.79 Å². The molecule has 0 spiro atoms. The number of tetrazole rings is 1. The first-order chi connectivity index (χ1) is 6.75. The lowest BCUT2D eigenvalue weighted by Gasteiger charge is -1.90. The van der Waals surface area contributed by atoms with Crippen molar-refractivity contribution in [1.82, 2.24) is 20.2 Å². The molecular weight excluding hydrogens is 202 g/mol. The van der Waals surface area contributed by atoms with Gasteiger partial charge in [-0.25, -0.2) is 0 Å². The molecule has 0 aromatic carbocycles. The Labute approximate surface area is 83.3 Å². The second-order valence-corrected chi connectivity index (χ2v) is 3.53. The van der Waals surface area contributed by atoms with Crippen molar-refractivity contribution < 1.29 is 4.79 Å². The Balaban J connectivity index is 2.22. The van der Waals surface area contributed by atoms with Crippen LogP contribution < -0.4 is 5.73 Å². The normalized spacial score (nSPS) is 10.3. The zero-order valence-electron chi connectivity index (χ0n) is 7.12. The van der Waals surface area contributed by atoms with Crippen molar-refractivity contribution in [3.05, 3.63) is 17.5 Å². The largest absolute Gasteiger partial charge is 0.368 e. The van der Waals surface area contributed by atoms with Gasteiger partial charge in [0.2, 0.25) is 11.7 Å². The first-order valence-corrected chi connectivity index (χ1v) is 4.73. The van der Waals surface area contributed by atoms with E-state index in [4.69, 9.17) is 5.73 Å². The van der Waals surface area contributed by atoms with Crippen LogP contribution in [-0.4, -0.2) is 26.1 Å². The number of amides is 1. The van der Waals surface area contributed by atoms with Crippen molar-refractivity contribution in [3.63, 3.8) is 0 Å². The molecule has 0 unspecified atom stereocenters. The minimum absolute atomic E-state index is 0.0433. The van der Waals surface area contributed by atoms with Crippen LogP contribution in [0.2, 0.25) is 0 Å². The average Bonchev–Trinajstić information content (AvgIpc) is 2.69. The van der Waals surface area contributed by atoms with Crippen LogP contribution in [0, 0.1) is 0 Å². The molecule has 6 nitrogen and oxygen atoms in total. The van der Waals surface area contributed by atoms with Crippen molar-refractivity contribution in [2.24, 2.45) is 5.73 Å². The summed E-state index contributed by atoms with van der Waals surface area (Å²) in [7, 11) is 0. The van der Waals surface area contributed by atoms with Crippen LogP contribution in [0.15, 0.2) is 17.5 Å². The monoisotopic (exact) mass is 209 g/mol. The minimum Gasteiger partial charge on any atom is -0.368 e. The fourth-order valence-electron chi connectivity index (χ4n) is 0.954. The SMILES string of the molecule is NC(=O)Cn1nnc(-c2cccs2)n1. The summed E-state index contributed by atoms with van der Waals surface area (Å²) in [6.45, 7) is -0.0433. The fraction of sp³-hybridized carbons (Fsp3) is 0.143. The molecule has 7 heteroatoms. The summed E-state index contributed by atoms with van der Waals surface area (Å²) in [6.07, 6.45) is 0. The number of rotatable bonds is 3. The van der Waals surface area contributed by atoms with Crippen LogP contribution in [0.3, 0.4) is 0 Å². The van der Waals surface area contributed by atoms with Gasteiger partial charge in [-0.1, -0.05) is 6.07 Å². The van der Waals surface area contributed by atoms with E-state index in [-0.39, 0.29) is 6.54 Å². The highest BCUT2D eigenvalue weighted by molar-refractivity contribution is 7.13. The molecule has 0 saturated heterocycles. The lowest BCUT2D eigenvalue weighted by atomic mass is 10.5. The fourth-order valence-corrected chi connectivity index (χ4v) is 1.60. The number of carbonyl (C=O) groups excluding carboxylic acids is 1. The van der Waals surface area contributed by atoms with Crippen LogP contribution in [-0.2, 0) is 11.3 Å². The number of nitrogens with two attached hydrogens (primary N) is 1. The molecule has 1 amide bonds. The predicted molar refractivity (Wildman–Crippen MR) is 50.3 cm³/mol. The molecule has 0 saturated carbocycles. The Morgan fingerprint density at radius 3 is 3.14 bits per heavy atom. The van der Waals surface area contributed by atoms with Crippen LogP contribution in [0.5, 0.6) is 0 Å². The Morgan fingerprint density at radius 1 is 1.64 bits per heavy atom.